The lowest BCUT2D eigenvalue weighted by atomic mass is 9.99. The Labute approximate surface area is 153 Å². The molecule has 0 saturated carbocycles. The zero-order valence-electron chi connectivity index (χ0n) is 15.0. The minimum Gasteiger partial charge on any atom is -0.492 e. The van der Waals surface area contributed by atoms with Gasteiger partial charge in [0.15, 0.2) is 0 Å². The van der Waals surface area contributed by atoms with Gasteiger partial charge in [-0.1, -0.05) is 18.2 Å². The molecule has 2 aromatic carbocycles. The maximum atomic E-state index is 11.6. The predicted octanol–water partition coefficient (Wildman–Crippen LogP) is 3.71. The number of rotatable bonds is 9. The summed E-state index contributed by atoms with van der Waals surface area (Å²) in [5, 5.41) is 9.53. The van der Waals surface area contributed by atoms with E-state index < -0.39 is 11.9 Å². The summed E-state index contributed by atoms with van der Waals surface area (Å²) >= 11 is 0. The number of hydrogen-bond donors (Lipinski definition) is 2. The number of carboxylic acids is 1. The fourth-order valence-electron chi connectivity index (χ4n) is 2.47. The molecule has 0 aliphatic heterocycles. The molecule has 1 atom stereocenters. The second-order valence-electron chi connectivity index (χ2n) is 5.63. The average molecular weight is 356 g/mol. The molecule has 0 fully saturated rings. The van der Waals surface area contributed by atoms with Crippen LogP contribution in [0.25, 0.3) is 0 Å². The highest BCUT2D eigenvalue weighted by Gasteiger charge is 2.18. The van der Waals surface area contributed by atoms with Gasteiger partial charge < -0.3 is 20.3 Å². The molecular formula is C20H24N2O4. The number of carboxylic acid groups (broad SMARTS) is 1. The van der Waals surface area contributed by atoms with Gasteiger partial charge in [-0.25, -0.2) is 0 Å². The molecule has 0 aromatic heterocycles. The van der Waals surface area contributed by atoms with Crippen LogP contribution in [0.2, 0.25) is 0 Å². The number of para-hydroxylation sites is 1. The van der Waals surface area contributed by atoms with Crippen molar-refractivity contribution in [2.75, 3.05) is 18.9 Å². The molecule has 6 nitrogen and oxygen atoms in total. The van der Waals surface area contributed by atoms with Crippen molar-refractivity contribution in [2.45, 2.75) is 20.3 Å². The summed E-state index contributed by atoms with van der Waals surface area (Å²) in [6, 6.07) is 12.7. The highest BCUT2D eigenvalue weighted by molar-refractivity contribution is 5.90. The third-order valence-corrected chi connectivity index (χ3v) is 3.70. The SMILES string of the molecule is CCOc1cc(CC(C=Nc2ccccc2)C(=O)O)cc(OCC)c1N. The zero-order chi connectivity index (χ0) is 18.9. The van der Waals surface area contributed by atoms with Crippen molar-refractivity contribution in [3.8, 4) is 11.5 Å². The van der Waals surface area contributed by atoms with E-state index in [0.717, 1.165) is 5.56 Å². The van der Waals surface area contributed by atoms with Crippen LogP contribution in [0.5, 0.6) is 11.5 Å². The normalized spacial score (nSPS) is 12.1. The van der Waals surface area contributed by atoms with Crippen molar-refractivity contribution < 1.29 is 19.4 Å². The minimum absolute atomic E-state index is 0.256. The average Bonchev–Trinajstić information content (AvgIpc) is 2.63. The van der Waals surface area contributed by atoms with Gasteiger partial charge in [-0.3, -0.25) is 9.79 Å². The Morgan fingerprint density at radius 1 is 1.15 bits per heavy atom. The number of hydrogen-bond acceptors (Lipinski definition) is 5. The van der Waals surface area contributed by atoms with E-state index in [1.807, 2.05) is 44.2 Å². The molecule has 138 valence electrons. The van der Waals surface area contributed by atoms with Gasteiger partial charge >= 0.3 is 5.97 Å². The lowest BCUT2D eigenvalue weighted by molar-refractivity contribution is -0.139. The van der Waals surface area contributed by atoms with Crippen LogP contribution in [-0.2, 0) is 11.2 Å². The van der Waals surface area contributed by atoms with E-state index in [9.17, 15) is 9.90 Å². The van der Waals surface area contributed by atoms with E-state index in [1.54, 1.807) is 12.1 Å². The van der Waals surface area contributed by atoms with Gasteiger partial charge in [0.25, 0.3) is 0 Å². The predicted molar refractivity (Wildman–Crippen MR) is 103 cm³/mol. The van der Waals surface area contributed by atoms with Gasteiger partial charge in [-0.15, -0.1) is 0 Å². The Hall–Kier alpha value is -3.02. The molecule has 0 radical (unpaired) electrons. The van der Waals surface area contributed by atoms with Crippen LogP contribution < -0.4 is 15.2 Å². The van der Waals surface area contributed by atoms with Crippen LogP contribution in [0.15, 0.2) is 47.5 Å². The van der Waals surface area contributed by atoms with Crippen LogP contribution in [0.1, 0.15) is 19.4 Å². The number of benzene rings is 2. The van der Waals surface area contributed by atoms with Gasteiger partial charge in [0, 0.05) is 6.21 Å². The number of aliphatic imine (C=N–C) groups is 1. The maximum absolute atomic E-state index is 11.6. The quantitative estimate of drug-likeness (QED) is 0.527. The molecule has 0 spiro atoms. The number of aliphatic carboxylic acids is 1. The fraction of sp³-hybridized carbons (Fsp3) is 0.300. The maximum Gasteiger partial charge on any atom is 0.312 e. The van der Waals surface area contributed by atoms with Crippen molar-refractivity contribution in [1.29, 1.82) is 0 Å². The highest BCUT2D eigenvalue weighted by atomic mass is 16.5. The summed E-state index contributed by atoms with van der Waals surface area (Å²) in [5.41, 5.74) is 7.95. The molecule has 0 heterocycles. The van der Waals surface area contributed by atoms with E-state index >= 15 is 0 Å². The smallest absolute Gasteiger partial charge is 0.312 e. The first-order valence-corrected chi connectivity index (χ1v) is 8.55. The van der Waals surface area contributed by atoms with Crippen LogP contribution in [0.3, 0.4) is 0 Å². The largest absolute Gasteiger partial charge is 0.492 e. The van der Waals surface area contributed by atoms with E-state index in [-0.39, 0.29) is 6.42 Å². The standard InChI is InChI=1S/C20H24N2O4/c1-3-25-17-11-14(12-18(19(17)21)26-4-2)10-15(20(23)24)13-22-16-8-6-5-7-9-16/h5-9,11-13,15H,3-4,10,21H2,1-2H3,(H,23,24). The minimum atomic E-state index is -0.947. The topological polar surface area (TPSA) is 94.1 Å². The van der Waals surface area contributed by atoms with Crippen molar-refractivity contribution in [2.24, 2.45) is 10.9 Å². The first kappa shape index (κ1) is 19.3. The summed E-state index contributed by atoms with van der Waals surface area (Å²) in [6.45, 7) is 4.63. The Bertz CT molecular complexity index is 733. The number of nitrogens with zero attached hydrogens (tertiary/aromatic N) is 1. The third-order valence-electron chi connectivity index (χ3n) is 3.70. The fourth-order valence-corrected chi connectivity index (χ4v) is 2.47. The first-order valence-electron chi connectivity index (χ1n) is 8.55. The molecule has 2 rings (SSSR count). The Morgan fingerprint density at radius 3 is 2.23 bits per heavy atom. The van der Waals surface area contributed by atoms with Crippen molar-refractivity contribution in [1.82, 2.24) is 0 Å². The second kappa shape index (κ2) is 9.46. The van der Waals surface area contributed by atoms with E-state index in [1.165, 1.54) is 6.21 Å². The van der Waals surface area contributed by atoms with Gasteiger partial charge in [-0.2, -0.15) is 0 Å². The molecule has 0 bridgehead atoms. The zero-order valence-corrected chi connectivity index (χ0v) is 15.0. The van der Waals surface area contributed by atoms with E-state index in [4.69, 9.17) is 15.2 Å². The Morgan fingerprint density at radius 2 is 1.73 bits per heavy atom. The van der Waals surface area contributed by atoms with Crippen LogP contribution >= 0.6 is 0 Å². The number of anilines is 1. The van der Waals surface area contributed by atoms with Crippen LogP contribution in [0.4, 0.5) is 11.4 Å². The van der Waals surface area contributed by atoms with Crippen molar-refractivity contribution >= 4 is 23.6 Å². The lowest BCUT2D eigenvalue weighted by Crippen LogP contribution is -2.18. The number of ether oxygens (including phenoxy) is 2. The lowest BCUT2D eigenvalue weighted by Gasteiger charge is -2.15. The number of nitrogens with two attached hydrogens (primary N) is 1. The first-order chi connectivity index (χ1) is 12.5. The molecule has 0 aliphatic carbocycles. The third kappa shape index (κ3) is 5.24. The summed E-state index contributed by atoms with van der Waals surface area (Å²) < 4.78 is 11.1. The summed E-state index contributed by atoms with van der Waals surface area (Å²) in [7, 11) is 0. The van der Waals surface area contributed by atoms with E-state index in [0.29, 0.717) is 36.1 Å². The van der Waals surface area contributed by atoms with Gasteiger partial charge in [0.2, 0.25) is 0 Å². The number of nitrogen functional groups attached to an aromatic ring is 1. The molecule has 6 heteroatoms. The van der Waals surface area contributed by atoms with Crippen LogP contribution in [0, 0.1) is 5.92 Å². The van der Waals surface area contributed by atoms with Gasteiger partial charge in [0.05, 0.1) is 24.8 Å². The molecule has 1 unspecified atom stereocenters. The van der Waals surface area contributed by atoms with Crippen molar-refractivity contribution in [3.05, 3.63) is 48.0 Å². The Balaban J connectivity index is 2.27. The molecule has 3 N–H and O–H groups in total. The second-order valence-corrected chi connectivity index (χ2v) is 5.63. The monoisotopic (exact) mass is 356 g/mol. The Kier molecular flexibility index (Phi) is 7.02. The molecule has 2 aromatic rings. The molecule has 26 heavy (non-hydrogen) atoms. The summed E-state index contributed by atoms with van der Waals surface area (Å²) in [6.07, 6.45) is 1.71. The molecule has 0 saturated heterocycles. The number of carbonyl (C=O) groups is 1. The molecule has 0 aliphatic rings. The van der Waals surface area contributed by atoms with Crippen LogP contribution in [-0.4, -0.2) is 30.5 Å². The van der Waals surface area contributed by atoms with Gasteiger partial charge in [-0.05, 0) is 50.1 Å². The van der Waals surface area contributed by atoms with E-state index in [2.05, 4.69) is 4.99 Å². The molecular weight excluding hydrogens is 332 g/mol. The van der Waals surface area contributed by atoms with Gasteiger partial charge in [0.1, 0.15) is 17.2 Å². The highest BCUT2D eigenvalue weighted by Crippen LogP contribution is 2.34. The summed E-state index contributed by atoms with van der Waals surface area (Å²) in [4.78, 5) is 15.9. The summed E-state index contributed by atoms with van der Waals surface area (Å²) in [5.74, 6) is -0.726. The molecule has 0 amide bonds. The van der Waals surface area contributed by atoms with Crippen molar-refractivity contribution in [3.63, 3.8) is 0 Å².